The van der Waals surface area contributed by atoms with Crippen LogP contribution in [0.5, 0.6) is 0 Å². The number of halogens is 3. The van der Waals surface area contributed by atoms with Crippen LogP contribution in [0.2, 0.25) is 0 Å². The van der Waals surface area contributed by atoms with E-state index in [1.807, 2.05) is 0 Å². The Kier molecular flexibility index (Phi) is 5.57. The summed E-state index contributed by atoms with van der Waals surface area (Å²) in [6.07, 6.45) is -1.17. The van der Waals surface area contributed by atoms with Crippen molar-refractivity contribution in [2.24, 2.45) is 13.0 Å². The van der Waals surface area contributed by atoms with E-state index in [4.69, 9.17) is 0 Å². The maximum Gasteiger partial charge on any atom is 0.418 e. The predicted octanol–water partition coefficient (Wildman–Crippen LogP) is 3.79. The average Bonchev–Trinajstić information content (AvgIpc) is 3.04. The normalized spacial score (nSPS) is 15.6. The Balaban J connectivity index is 1.48. The summed E-state index contributed by atoms with van der Waals surface area (Å²) in [5.41, 5.74) is -0.558. The fraction of sp³-hybridized carbons (Fsp3) is 0.444. The monoisotopic (exact) mass is 381 g/mol. The number of alkyl halides is 3. The van der Waals surface area contributed by atoms with E-state index in [0.717, 1.165) is 18.9 Å². The molecule has 0 spiro atoms. The third kappa shape index (κ3) is 4.93. The van der Waals surface area contributed by atoms with Crippen LogP contribution < -0.4 is 10.6 Å². The van der Waals surface area contributed by atoms with Crippen LogP contribution >= 0.6 is 0 Å². The largest absolute Gasteiger partial charge is 0.418 e. The van der Waals surface area contributed by atoms with E-state index in [9.17, 15) is 18.0 Å². The standard InChI is InChI=1S/C18H22F3N5O/c1-25-9-8-16(24-25)23-17(27)26-10-6-13(7-11-26)12-22-15-5-3-2-4-14(15)18(19,20)21/h2-5,8-9,13,22H,6-7,10-12H2,1H3,(H,23,24,27). The molecule has 1 aliphatic heterocycles. The molecule has 2 N–H and O–H groups in total. The molecular weight excluding hydrogens is 359 g/mol. The number of rotatable bonds is 4. The Morgan fingerprint density at radius 2 is 1.93 bits per heavy atom. The van der Waals surface area contributed by atoms with Crippen molar-refractivity contribution in [1.82, 2.24) is 14.7 Å². The number of nitrogens with zero attached hydrogens (tertiary/aromatic N) is 3. The number of anilines is 2. The lowest BCUT2D eigenvalue weighted by molar-refractivity contribution is -0.137. The second kappa shape index (κ2) is 7.89. The number of piperidine rings is 1. The molecule has 1 aromatic carbocycles. The highest BCUT2D eigenvalue weighted by molar-refractivity contribution is 5.88. The number of hydrogen-bond donors (Lipinski definition) is 2. The van der Waals surface area contributed by atoms with E-state index in [1.54, 1.807) is 35.0 Å². The van der Waals surface area contributed by atoms with Crippen LogP contribution in [0, 0.1) is 5.92 Å². The average molecular weight is 381 g/mol. The first-order valence-electron chi connectivity index (χ1n) is 8.78. The number of hydrogen-bond acceptors (Lipinski definition) is 3. The Bertz CT molecular complexity index is 781. The third-order valence-corrected chi connectivity index (χ3v) is 4.66. The fourth-order valence-electron chi connectivity index (χ4n) is 3.15. The lowest BCUT2D eigenvalue weighted by Crippen LogP contribution is -2.42. The summed E-state index contributed by atoms with van der Waals surface area (Å²) in [7, 11) is 1.77. The molecule has 27 heavy (non-hydrogen) atoms. The first kappa shape index (κ1) is 19.1. The summed E-state index contributed by atoms with van der Waals surface area (Å²) in [4.78, 5) is 13.9. The van der Waals surface area contributed by atoms with Crippen LogP contribution in [0.3, 0.4) is 0 Å². The van der Waals surface area contributed by atoms with Crippen molar-refractivity contribution in [3.05, 3.63) is 42.1 Å². The highest BCUT2D eigenvalue weighted by Crippen LogP contribution is 2.34. The van der Waals surface area contributed by atoms with E-state index in [2.05, 4.69) is 15.7 Å². The van der Waals surface area contributed by atoms with Crippen molar-refractivity contribution in [3.63, 3.8) is 0 Å². The number of likely N-dealkylation sites (tertiary alicyclic amines) is 1. The zero-order chi connectivity index (χ0) is 19.4. The molecule has 0 radical (unpaired) electrons. The van der Waals surface area contributed by atoms with Gasteiger partial charge in [-0.3, -0.25) is 10.00 Å². The maximum absolute atomic E-state index is 13.0. The molecule has 6 nitrogen and oxygen atoms in total. The molecule has 2 heterocycles. The number of carbonyl (C=O) groups excluding carboxylic acids is 1. The van der Waals surface area contributed by atoms with E-state index in [-0.39, 0.29) is 17.6 Å². The van der Waals surface area contributed by atoms with Crippen LogP contribution in [0.25, 0.3) is 0 Å². The summed E-state index contributed by atoms with van der Waals surface area (Å²) >= 11 is 0. The number of nitrogens with one attached hydrogen (secondary N) is 2. The molecule has 2 amide bonds. The van der Waals surface area contributed by atoms with Crippen molar-refractivity contribution in [1.29, 1.82) is 0 Å². The minimum atomic E-state index is -4.38. The Morgan fingerprint density at radius 1 is 1.22 bits per heavy atom. The lowest BCUT2D eigenvalue weighted by atomic mass is 9.96. The van der Waals surface area contributed by atoms with Gasteiger partial charge in [-0.05, 0) is 30.9 Å². The Hall–Kier alpha value is -2.71. The summed E-state index contributed by atoms with van der Waals surface area (Å²) in [5.74, 6) is 0.709. The van der Waals surface area contributed by atoms with Gasteiger partial charge in [-0.2, -0.15) is 18.3 Å². The third-order valence-electron chi connectivity index (χ3n) is 4.66. The second-order valence-electron chi connectivity index (χ2n) is 6.66. The molecule has 0 unspecified atom stereocenters. The van der Waals surface area contributed by atoms with Crippen LogP contribution in [-0.2, 0) is 13.2 Å². The first-order valence-corrected chi connectivity index (χ1v) is 8.78. The quantitative estimate of drug-likeness (QED) is 0.847. The SMILES string of the molecule is Cn1ccc(NC(=O)N2CCC(CNc3ccccc3C(F)(F)F)CC2)n1. The summed E-state index contributed by atoms with van der Waals surface area (Å²) < 4.78 is 40.7. The number of aryl methyl sites for hydroxylation is 1. The minimum absolute atomic E-state index is 0.0975. The van der Waals surface area contributed by atoms with E-state index in [1.165, 1.54) is 12.1 Å². The van der Waals surface area contributed by atoms with Gasteiger partial charge in [0.1, 0.15) is 0 Å². The molecular formula is C18H22F3N5O. The van der Waals surface area contributed by atoms with Crippen molar-refractivity contribution >= 4 is 17.5 Å². The van der Waals surface area contributed by atoms with E-state index < -0.39 is 11.7 Å². The van der Waals surface area contributed by atoms with Gasteiger partial charge in [-0.1, -0.05) is 12.1 Å². The van der Waals surface area contributed by atoms with Gasteiger partial charge in [-0.15, -0.1) is 0 Å². The molecule has 0 atom stereocenters. The number of urea groups is 1. The number of amides is 2. The summed E-state index contributed by atoms with van der Waals surface area (Å²) in [6, 6.07) is 7.00. The van der Waals surface area contributed by atoms with Gasteiger partial charge >= 0.3 is 12.2 Å². The minimum Gasteiger partial charge on any atom is -0.384 e. The molecule has 0 aliphatic carbocycles. The smallest absolute Gasteiger partial charge is 0.384 e. The zero-order valence-corrected chi connectivity index (χ0v) is 15.0. The molecule has 9 heteroatoms. The van der Waals surface area contributed by atoms with Crippen LogP contribution in [0.15, 0.2) is 36.5 Å². The number of para-hydroxylation sites is 1. The fourth-order valence-corrected chi connectivity index (χ4v) is 3.15. The van der Waals surface area contributed by atoms with Gasteiger partial charge in [0.15, 0.2) is 5.82 Å². The molecule has 0 saturated carbocycles. The van der Waals surface area contributed by atoms with E-state index >= 15 is 0 Å². The molecule has 146 valence electrons. The lowest BCUT2D eigenvalue weighted by Gasteiger charge is -2.32. The molecule has 2 aromatic rings. The van der Waals surface area contributed by atoms with Gasteiger partial charge in [0.25, 0.3) is 0 Å². The van der Waals surface area contributed by atoms with Crippen molar-refractivity contribution in [2.45, 2.75) is 19.0 Å². The molecule has 0 bridgehead atoms. The molecule has 1 aromatic heterocycles. The van der Waals surface area contributed by atoms with Crippen molar-refractivity contribution < 1.29 is 18.0 Å². The van der Waals surface area contributed by atoms with Crippen molar-refractivity contribution in [3.8, 4) is 0 Å². The Labute approximate surface area is 155 Å². The van der Waals surface area contributed by atoms with Crippen molar-refractivity contribution in [2.75, 3.05) is 30.3 Å². The zero-order valence-electron chi connectivity index (χ0n) is 15.0. The van der Waals surface area contributed by atoms with E-state index in [0.29, 0.717) is 25.5 Å². The van der Waals surface area contributed by atoms with Gasteiger partial charge in [-0.25, -0.2) is 4.79 Å². The number of aromatic nitrogens is 2. The summed E-state index contributed by atoms with van der Waals surface area (Å²) in [6.45, 7) is 1.57. The van der Waals surface area contributed by atoms with Gasteiger partial charge in [0.05, 0.1) is 5.56 Å². The highest BCUT2D eigenvalue weighted by atomic mass is 19.4. The Morgan fingerprint density at radius 3 is 2.56 bits per heavy atom. The van der Waals surface area contributed by atoms with Crippen LogP contribution in [-0.4, -0.2) is 40.3 Å². The first-order chi connectivity index (χ1) is 12.8. The van der Waals surface area contributed by atoms with Crippen LogP contribution in [0.4, 0.5) is 29.5 Å². The highest BCUT2D eigenvalue weighted by Gasteiger charge is 2.33. The summed E-state index contributed by atoms with van der Waals surface area (Å²) in [5, 5.41) is 9.78. The molecule has 1 aliphatic rings. The number of benzene rings is 1. The van der Waals surface area contributed by atoms with Crippen LogP contribution in [0.1, 0.15) is 18.4 Å². The number of carbonyl (C=O) groups is 1. The topological polar surface area (TPSA) is 62.2 Å². The molecule has 1 saturated heterocycles. The molecule has 3 rings (SSSR count). The maximum atomic E-state index is 13.0. The predicted molar refractivity (Wildman–Crippen MR) is 96.5 cm³/mol. The van der Waals surface area contributed by atoms with Gasteiger partial charge in [0, 0.05) is 44.6 Å². The van der Waals surface area contributed by atoms with Gasteiger partial charge < -0.3 is 10.2 Å². The second-order valence-corrected chi connectivity index (χ2v) is 6.66. The van der Waals surface area contributed by atoms with Gasteiger partial charge in [0.2, 0.25) is 0 Å². The molecule has 1 fully saturated rings.